The molecule has 6 heteroatoms. The van der Waals surface area contributed by atoms with Crippen molar-refractivity contribution in [3.63, 3.8) is 0 Å². The molecule has 0 aliphatic heterocycles. The average Bonchev–Trinajstić information content (AvgIpc) is 2.73. The Kier molecular flexibility index (Phi) is 4.71. The highest BCUT2D eigenvalue weighted by Gasteiger charge is 2.09. The van der Waals surface area contributed by atoms with E-state index in [-0.39, 0.29) is 22.9 Å². The maximum absolute atomic E-state index is 9.57. The molecule has 148 valence electrons. The number of nitrogen functional groups attached to an aromatic ring is 2. The quantitative estimate of drug-likeness (QED) is 0.219. The van der Waals surface area contributed by atoms with Gasteiger partial charge in [-0.25, -0.2) is 0 Å². The third-order valence-corrected chi connectivity index (χ3v) is 4.53. The molecule has 0 amide bonds. The average molecular weight is 398 g/mol. The number of terminal acetylenes is 1. The van der Waals surface area contributed by atoms with Gasteiger partial charge >= 0.3 is 0 Å². The second-order valence-electron chi connectivity index (χ2n) is 6.65. The second-order valence-corrected chi connectivity index (χ2v) is 6.65. The first-order valence-electron chi connectivity index (χ1n) is 9.00. The van der Waals surface area contributed by atoms with Gasteiger partial charge in [-0.15, -0.1) is 6.42 Å². The van der Waals surface area contributed by atoms with Crippen molar-refractivity contribution >= 4 is 22.1 Å². The zero-order valence-corrected chi connectivity index (χ0v) is 15.8. The third-order valence-electron chi connectivity index (χ3n) is 4.53. The first-order valence-corrected chi connectivity index (χ1v) is 9.00. The molecule has 0 aliphatic carbocycles. The van der Waals surface area contributed by atoms with Gasteiger partial charge in [0, 0.05) is 12.1 Å². The van der Waals surface area contributed by atoms with Crippen molar-refractivity contribution in [2.45, 2.75) is 0 Å². The highest BCUT2D eigenvalue weighted by atomic mass is 16.5. The van der Waals surface area contributed by atoms with Gasteiger partial charge in [0.15, 0.2) is 0 Å². The largest absolute Gasteiger partial charge is 0.506 e. The summed E-state index contributed by atoms with van der Waals surface area (Å²) in [6.45, 7) is 0. The second kappa shape index (κ2) is 7.49. The molecule has 30 heavy (non-hydrogen) atoms. The lowest BCUT2D eigenvalue weighted by Gasteiger charge is -2.12. The van der Waals surface area contributed by atoms with E-state index in [9.17, 15) is 10.2 Å². The SMILES string of the molecule is C#Cc1cc2cc(Oc3ccc(O)c(N)c3)ccc2cc1Oc1ccc(O)c(N)c1. The summed E-state index contributed by atoms with van der Waals surface area (Å²) in [4.78, 5) is 0. The standard InChI is InChI=1S/C24H18N2O4/c1-2-14-9-16-10-17(29-18-5-7-22(27)20(25)12-18)4-3-15(16)11-24(14)30-19-6-8-23(28)21(26)13-19/h1,3-13,27-28H,25-26H2. The van der Waals surface area contributed by atoms with Crippen LogP contribution in [-0.4, -0.2) is 10.2 Å². The Morgan fingerprint density at radius 1 is 0.667 bits per heavy atom. The summed E-state index contributed by atoms with van der Waals surface area (Å²) in [6, 6.07) is 18.4. The first-order chi connectivity index (χ1) is 14.4. The molecule has 0 saturated heterocycles. The summed E-state index contributed by atoms with van der Waals surface area (Å²) in [5.41, 5.74) is 12.4. The highest BCUT2D eigenvalue weighted by Crippen LogP contribution is 2.35. The molecule has 4 rings (SSSR count). The van der Waals surface area contributed by atoms with Gasteiger partial charge < -0.3 is 31.2 Å². The molecule has 4 aromatic rings. The Morgan fingerprint density at radius 3 is 1.83 bits per heavy atom. The van der Waals surface area contributed by atoms with Gasteiger partial charge in [0.1, 0.15) is 34.5 Å². The lowest BCUT2D eigenvalue weighted by molar-refractivity contribution is 0.466. The van der Waals surface area contributed by atoms with E-state index in [0.717, 1.165) is 10.8 Å². The van der Waals surface area contributed by atoms with Crippen molar-refractivity contribution in [2.75, 3.05) is 11.5 Å². The van der Waals surface area contributed by atoms with Crippen LogP contribution in [0.25, 0.3) is 10.8 Å². The molecule has 0 unspecified atom stereocenters. The van der Waals surface area contributed by atoms with Gasteiger partial charge in [-0.1, -0.05) is 12.0 Å². The normalized spacial score (nSPS) is 10.5. The van der Waals surface area contributed by atoms with E-state index >= 15 is 0 Å². The summed E-state index contributed by atoms with van der Waals surface area (Å²) >= 11 is 0. The monoisotopic (exact) mass is 398 g/mol. The lowest BCUT2D eigenvalue weighted by atomic mass is 10.1. The Balaban J connectivity index is 1.66. The Morgan fingerprint density at radius 2 is 1.23 bits per heavy atom. The number of anilines is 2. The molecule has 0 fully saturated rings. The number of rotatable bonds is 4. The fourth-order valence-corrected chi connectivity index (χ4v) is 2.97. The molecule has 0 atom stereocenters. The van der Waals surface area contributed by atoms with Crippen LogP contribution in [0.1, 0.15) is 5.56 Å². The van der Waals surface area contributed by atoms with Crippen molar-refractivity contribution < 1.29 is 19.7 Å². The van der Waals surface area contributed by atoms with E-state index < -0.39 is 0 Å². The Labute approximate surface area is 172 Å². The minimum Gasteiger partial charge on any atom is -0.506 e. The van der Waals surface area contributed by atoms with Crippen LogP contribution in [0, 0.1) is 12.3 Å². The molecule has 4 aromatic carbocycles. The van der Waals surface area contributed by atoms with Gasteiger partial charge in [-0.3, -0.25) is 0 Å². The number of fused-ring (bicyclic) bond motifs is 1. The van der Waals surface area contributed by atoms with Crippen LogP contribution < -0.4 is 20.9 Å². The van der Waals surface area contributed by atoms with Crippen molar-refractivity contribution in [1.29, 1.82) is 0 Å². The smallest absolute Gasteiger partial charge is 0.143 e. The number of benzene rings is 4. The zero-order chi connectivity index (χ0) is 21.3. The van der Waals surface area contributed by atoms with E-state index in [2.05, 4.69) is 5.92 Å². The number of phenols is 2. The van der Waals surface area contributed by atoms with E-state index in [1.54, 1.807) is 18.2 Å². The molecular weight excluding hydrogens is 380 g/mol. The van der Waals surface area contributed by atoms with Crippen LogP contribution in [0.15, 0.2) is 66.7 Å². The maximum Gasteiger partial charge on any atom is 0.143 e. The third kappa shape index (κ3) is 3.73. The summed E-state index contributed by atoms with van der Waals surface area (Å²) in [7, 11) is 0. The number of aromatic hydroxyl groups is 2. The van der Waals surface area contributed by atoms with E-state index in [1.165, 1.54) is 18.2 Å². The van der Waals surface area contributed by atoms with E-state index in [1.807, 2.05) is 30.3 Å². The summed E-state index contributed by atoms with van der Waals surface area (Å²) in [5.74, 6) is 4.67. The van der Waals surface area contributed by atoms with Crippen LogP contribution in [-0.2, 0) is 0 Å². The predicted octanol–water partition coefficient (Wildman–Crippen LogP) is 4.98. The minimum atomic E-state index is -0.0130. The number of nitrogens with two attached hydrogens (primary N) is 2. The van der Waals surface area contributed by atoms with Crippen LogP contribution in [0.5, 0.6) is 34.5 Å². The van der Waals surface area contributed by atoms with Gasteiger partial charge in [-0.2, -0.15) is 0 Å². The van der Waals surface area contributed by atoms with Crippen LogP contribution in [0.2, 0.25) is 0 Å². The molecule has 0 aromatic heterocycles. The molecule has 0 heterocycles. The van der Waals surface area contributed by atoms with Crippen LogP contribution in [0.4, 0.5) is 11.4 Å². The molecule has 0 saturated carbocycles. The molecule has 0 aliphatic rings. The van der Waals surface area contributed by atoms with E-state index in [4.69, 9.17) is 27.4 Å². The predicted molar refractivity (Wildman–Crippen MR) is 117 cm³/mol. The maximum atomic E-state index is 9.57. The van der Waals surface area contributed by atoms with Crippen molar-refractivity contribution in [3.05, 3.63) is 72.3 Å². The van der Waals surface area contributed by atoms with Crippen molar-refractivity contribution in [3.8, 4) is 46.8 Å². The number of ether oxygens (including phenoxy) is 2. The fourth-order valence-electron chi connectivity index (χ4n) is 2.97. The Bertz CT molecular complexity index is 1310. The zero-order valence-electron chi connectivity index (χ0n) is 15.8. The lowest BCUT2D eigenvalue weighted by Crippen LogP contribution is -1.92. The van der Waals surface area contributed by atoms with Crippen molar-refractivity contribution in [2.24, 2.45) is 0 Å². The highest BCUT2D eigenvalue weighted by molar-refractivity contribution is 5.87. The summed E-state index contributed by atoms with van der Waals surface area (Å²) < 4.78 is 11.7. The number of phenolic OH excluding ortho intramolecular Hbond substituents is 2. The number of hydrogen-bond donors (Lipinski definition) is 4. The first kappa shape index (κ1) is 18.8. The molecule has 0 spiro atoms. The van der Waals surface area contributed by atoms with Crippen LogP contribution >= 0.6 is 0 Å². The topological polar surface area (TPSA) is 111 Å². The van der Waals surface area contributed by atoms with Gasteiger partial charge in [0.2, 0.25) is 0 Å². The fraction of sp³-hybridized carbons (Fsp3) is 0. The van der Waals surface area contributed by atoms with Gasteiger partial charge in [0.25, 0.3) is 0 Å². The summed E-state index contributed by atoms with van der Waals surface area (Å²) in [5, 5.41) is 20.9. The molecule has 6 nitrogen and oxygen atoms in total. The van der Waals surface area contributed by atoms with Crippen LogP contribution in [0.3, 0.4) is 0 Å². The summed E-state index contributed by atoms with van der Waals surface area (Å²) in [6.07, 6.45) is 5.68. The number of hydrogen-bond acceptors (Lipinski definition) is 6. The molecule has 6 N–H and O–H groups in total. The Hall–Kier alpha value is -4.50. The van der Waals surface area contributed by atoms with Gasteiger partial charge in [0.05, 0.1) is 16.9 Å². The van der Waals surface area contributed by atoms with E-state index in [0.29, 0.717) is 28.6 Å². The molecule has 0 bridgehead atoms. The van der Waals surface area contributed by atoms with Crippen molar-refractivity contribution in [1.82, 2.24) is 0 Å². The molecular formula is C24H18N2O4. The van der Waals surface area contributed by atoms with Gasteiger partial charge in [-0.05, 0) is 59.3 Å². The molecule has 0 radical (unpaired) electrons. The minimum absolute atomic E-state index is 0.00226.